The highest BCUT2D eigenvalue weighted by molar-refractivity contribution is 7.13. The van der Waals surface area contributed by atoms with Gasteiger partial charge in [-0.2, -0.15) is 0 Å². The first kappa shape index (κ1) is 37.3. The van der Waals surface area contributed by atoms with Gasteiger partial charge in [-0.15, -0.1) is 11.3 Å². The van der Waals surface area contributed by atoms with Crippen LogP contribution in [0.1, 0.15) is 113 Å². The minimum atomic E-state index is -0.277. The van der Waals surface area contributed by atoms with Crippen molar-refractivity contribution in [3.05, 3.63) is 88.6 Å². The molecule has 0 spiro atoms. The van der Waals surface area contributed by atoms with E-state index in [4.69, 9.17) is 0 Å². The second kappa shape index (κ2) is 16.6. The van der Waals surface area contributed by atoms with Crippen molar-refractivity contribution in [3.8, 4) is 33.1 Å². The maximum absolute atomic E-state index is 12.5. The number of nitrogens with zero attached hydrogens (tertiary/aromatic N) is 1. The lowest BCUT2D eigenvalue weighted by Crippen LogP contribution is -2.25. The monoisotopic (exact) mass is 657 g/mol. The third-order valence-electron chi connectivity index (χ3n) is 7.76. The summed E-state index contributed by atoms with van der Waals surface area (Å²) in [7, 11) is 0. The Hall–Kier alpha value is -4.17. The molecule has 0 bridgehead atoms. The number of phenols is 2. The highest BCUT2D eigenvalue weighted by atomic mass is 32.1. The molecular formula is C39H51N3O4S. The summed E-state index contributed by atoms with van der Waals surface area (Å²) in [6, 6.07) is 15.3. The summed E-state index contributed by atoms with van der Waals surface area (Å²) < 4.78 is 0. The van der Waals surface area contributed by atoms with E-state index in [1.165, 1.54) is 0 Å². The van der Waals surface area contributed by atoms with Crippen LogP contribution in [0, 0.1) is 0 Å². The van der Waals surface area contributed by atoms with Crippen LogP contribution in [-0.2, 0) is 10.8 Å². The third kappa shape index (κ3) is 10.2. The average Bonchev–Trinajstić information content (AvgIpc) is 3.56. The number of amides is 2. The zero-order valence-electron chi connectivity index (χ0n) is 29.2. The van der Waals surface area contributed by atoms with E-state index in [2.05, 4.69) is 29.5 Å². The van der Waals surface area contributed by atoms with Crippen molar-refractivity contribution in [1.29, 1.82) is 0 Å². The van der Waals surface area contributed by atoms with Crippen LogP contribution >= 0.6 is 11.3 Å². The fraction of sp³-hybridized carbons (Fsp3) is 0.410. The Kier molecular flexibility index (Phi) is 13.2. The van der Waals surface area contributed by atoms with E-state index in [0.29, 0.717) is 24.2 Å². The molecule has 2 aromatic carbocycles. The molecule has 0 fully saturated rings. The summed E-state index contributed by atoms with van der Waals surface area (Å²) >= 11 is 1.63. The Labute approximate surface area is 284 Å². The average molecular weight is 658 g/mol. The fourth-order valence-corrected chi connectivity index (χ4v) is 5.71. The van der Waals surface area contributed by atoms with Crippen LogP contribution < -0.4 is 10.6 Å². The fourth-order valence-electron chi connectivity index (χ4n) is 4.99. The molecule has 4 N–H and O–H groups in total. The standard InChI is InChI=1S/C20H26N2O2.C19H25NO2S/c1-5-6-10-22-19(24)16-11-15(14-8-7-9-21-13-14)12-17(18(16)23)20(2,3)4;1-5-6-9-20-18(22)14-11-13(16-8-7-10-23-16)12-15(17(14)21)19(2,3)4/h7-9,11-13,23H,5-6,10H2,1-4H3,(H,22,24);7-8,10-12,21H,5-6,9H2,1-4H3,(H,20,22). The number of carbonyl (C=O) groups excluding carboxylic acids is 2. The molecule has 0 atom stereocenters. The molecule has 0 aliphatic heterocycles. The van der Waals surface area contributed by atoms with E-state index >= 15 is 0 Å². The number of hydrogen-bond acceptors (Lipinski definition) is 6. The van der Waals surface area contributed by atoms with E-state index in [1.54, 1.807) is 35.9 Å². The van der Waals surface area contributed by atoms with Crippen molar-refractivity contribution in [2.24, 2.45) is 0 Å². The zero-order valence-corrected chi connectivity index (χ0v) is 30.0. The topological polar surface area (TPSA) is 112 Å². The van der Waals surface area contributed by atoms with Crippen LogP contribution in [0.2, 0.25) is 0 Å². The minimum absolute atomic E-state index is 0.0594. The lowest BCUT2D eigenvalue weighted by Gasteiger charge is -2.23. The Balaban J connectivity index is 0.000000256. The molecule has 2 aromatic heterocycles. The largest absolute Gasteiger partial charge is 0.507 e. The molecule has 4 rings (SSSR count). The number of thiophene rings is 1. The number of pyridine rings is 1. The highest BCUT2D eigenvalue weighted by Gasteiger charge is 2.26. The van der Waals surface area contributed by atoms with Gasteiger partial charge in [0.2, 0.25) is 0 Å². The Bertz CT molecular complexity index is 1620. The first-order valence-electron chi connectivity index (χ1n) is 16.4. The van der Waals surface area contributed by atoms with Gasteiger partial charge < -0.3 is 20.8 Å². The predicted molar refractivity (Wildman–Crippen MR) is 195 cm³/mol. The number of benzene rings is 2. The van der Waals surface area contributed by atoms with E-state index in [-0.39, 0.29) is 34.1 Å². The summed E-state index contributed by atoms with van der Waals surface area (Å²) in [5.41, 5.74) is 4.49. The zero-order chi connectivity index (χ0) is 34.8. The van der Waals surface area contributed by atoms with Gasteiger partial charge in [0.05, 0.1) is 11.1 Å². The van der Waals surface area contributed by atoms with Crippen molar-refractivity contribution in [2.75, 3.05) is 13.1 Å². The second-order valence-electron chi connectivity index (χ2n) is 13.8. The molecule has 2 heterocycles. The summed E-state index contributed by atoms with van der Waals surface area (Å²) in [6.45, 7) is 17.6. The third-order valence-corrected chi connectivity index (χ3v) is 8.68. The van der Waals surface area contributed by atoms with Gasteiger partial charge in [0.15, 0.2) is 0 Å². The Morgan fingerprint density at radius 2 is 1.23 bits per heavy atom. The predicted octanol–water partition coefficient (Wildman–Crippen LogP) is 9.23. The molecule has 0 aliphatic carbocycles. The molecule has 252 valence electrons. The summed E-state index contributed by atoms with van der Waals surface area (Å²) in [5, 5.41) is 29.1. The number of phenolic OH excluding ortho intramolecular Hbond substituents is 2. The maximum atomic E-state index is 12.5. The Morgan fingerprint density at radius 1 is 0.723 bits per heavy atom. The van der Waals surface area contributed by atoms with Gasteiger partial charge in [0.25, 0.3) is 11.8 Å². The van der Waals surface area contributed by atoms with Crippen LogP contribution in [0.4, 0.5) is 0 Å². The first-order chi connectivity index (χ1) is 22.2. The first-order valence-corrected chi connectivity index (χ1v) is 17.3. The summed E-state index contributed by atoms with van der Waals surface area (Å²) in [4.78, 5) is 30.2. The number of nitrogens with one attached hydrogen (secondary N) is 2. The highest BCUT2D eigenvalue weighted by Crippen LogP contribution is 2.39. The molecule has 0 unspecified atom stereocenters. The van der Waals surface area contributed by atoms with Crippen LogP contribution in [0.25, 0.3) is 21.6 Å². The van der Waals surface area contributed by atoms with Crippen molar-refractivity contribution >= 4 is 23.2 Å². The van der Waals surface area contributed by atoms with Gasteiger partial charge in [0.1, 0.15) is 11.5 Å². The van der Waals surface area contributed by atoms with Gasteiger partial charge in [-0.05, 0) is 76.6 Å². The van der Waals surface area contributed by atoms with Crippen molar-refractivity contribution in [1.82, 2.24) is 15.6 Å². The SMILES string of the molecule is CCCCNC(=O)c1cc(-c2cccnc2)cc(C(C)(C)C)c1O.CCCCNC(=O)c1cc(-c2cccs2)cc(C(C)(C)C)c1O. The Morgan fingerprint density at radius 3 is 1.66 bits per heavy atom. The molecular weight excluding hydrogens is 607 g/mol. The van der Waals surface area contributed by atoms with E-state index in [9.17, 15) is 19.8 Å². The number of aromatic hydroxyl groups is 2. The van der Waals surface area contributed by atoms with Crippen LogP contribution in [0.5, 0.6) is 11.5 Å². The molecule has 8 heteroatoms. The van der Waals surface area contributed by atoms with Crippen LogP contribution in [-0.4, -0.2) is 40.1 Å². The minimum Gasteiger partial charge on any atom is -0.507 e. The molecule has 2 amide bonds. The van der Waals surface area contributed by atoms with E-state index in [1.807, 2.05) is 83.3 Å². The smallest absolute Gasteiger partial charge is 0.255 e. The van der Waals surface area contributed by atoms with Gasteiger partial charge in [0, 0.05) is 47.1 Å². The van der Waals surface area contributed by atoms with Crippen molar-refractivity contribution in [2.45, 2.75) is 91.9 Å². The molecule has 0 radical (unpaired) electrons. The molecule has 7 nitrogen and oxygen atoms in total. The molecule has 4 aromatic rings. The van der Waals surface area contributed by atoms with E-state index in [0.717, 1.165) is 58.4 Å². The molecule has 0 saturated heterocycles. The van der Waals surface area contributed by atoms with E-state index < -0.39 is 0 Å². The lowest BCUT2D eigenvalue weighted by atomic mass is 9.83. The van der Waals surface area contributed by atoms with Gasteiger partial charge in [-0.1, -0.05) is 80.4 Å². The number of aromatic nitrogens is 1. The number of carbonyl (C=O) groups is 2. The maximum Gasteiger partial charge on any atom is 0.255 e. The number of hydrogen-bond donors (Lipinski definition) is 4. The molecule has 0 saturated carbocycles. The van der Waals surface area contributed by atoms with Crippen LogP contribution in [0.15, 0.2) is 66.3 Å². The van der Waals surface area contributed by atoms with Crippen molar-refractivity contribution in [3.63, 3.8) is 0 Å². The second-order valence-corrected chi connectivity index (χ2v) is 14.7. The summed E-state index contributed by atoms with van der Waals surface area (Å²) in [5.74, 6) is -0.298. The number of rotatable bonds is 10. The van der Waals surface area contributed by atoms with Gasteiger partial charge in [-0.25, -0.2) is 0 Å². The number of unbranched alkanes of at least 4 members (excludes halogenated alkanes) is 2. The lowest BCUT2D eigenvalue weighted by molar-refractivity contribution is 0.0941. The van der Waals surface area contributed by atoms with Gasteiger partial charge in [-0.3, -0.25) is 14.6 Å². The van der Waals surface area contributed by atoms with Gasteiger partial charge >= 0.3 is 0 Å². The normalized spacial score (nSPS) is 11.4. The molecule has 0 aliphatic rings. The molecule has 47 heavy (non-hydrogen) atoms. The van der Waals surface area contributed by atoms with Crippen molar-refractivity contribution < 1.29 is 19.8 Å². The quantitative estimate of drug-likeness (QED) is 0.127. The summed E-state index contributed by atoms with van der Waals surface area (Å²) in [6.07, 6.45) is 7.36. The van der Waals surface area contributed by atoms with Crippen LogP contribution in [0.3, 0.4) is 0 Å².